The SMILES string of the molecule is CCc1ccc(NC(=O)N2CCC3(CC2)SCCN3C(=O)CC(C)C)cc1. The van der Waals surface area contributed by atoms with Crippen molar-refractivity contribution in [1.82, 2.24) is 9.80 Å². The molecule has 6 heteroatoms. The summed E-state index contributed by atoms with van der Waals surface area (Å²) in [6, 6.07) is 7.97. The van der Waals surface area contributed by atoms with E-state index in [4.69, 9.17) is 0 Å². The average Bonchev–Trinajstić information content (AvgIpc) is 3.05. The van der Waals surface area contributed by atoms with Gasteiger partial charge in [-0.25, -0.2) is 4.79 Å². The summed E-state index contributed by atoms with van der Waals surface area (Å²) < 4.78 is 0. The van der Waals surface area contributed by atoms with Gasteiger partial charge in [0.2, 0.25) is 5.91 Å². The minimum Gasteiger partial charge on any atom is -0.327 e. The van der Waals surface area contributed by atoms with Gasteiger partial charge >= 0.3 is 6.03 Å². The summed E-state index contributed by atoms with van der Waals surface area (Å²) in [5.41, 5.74) is 2.10. The summed E-state index contributed by atoms with van der Waals surface area (Å²) in [5.74, 6) is 1.65. The quantitative estimate of drug-likeness (QED) is 0.840. The zero-order valence-corrected chi connectivity index (χ0v) is 17.5. The van der Waals surface area contributed by atoms with Crippen molar-refractivity contribution in [3.63, 3.8) is 0 Å². The third-order valence-corrected chi connectivity index (χ3v) is 7.06. The zero-order valence-electron chi connectivity index (χ0n) is 16.7. The van der Waals surface area contributed by atoms with E-state index in [0.29, 0.717) is 25.4 Å². The number of piperidine rings is 1. The lowest BCUT2D eigenvalue weighted by atomic mass is 10.0. The molecule has 2 heterocycles. The van der Waals surface area contributed by atoms with Crippen molar-refractivity contribution < 1.29 is 9.59 Å². The summed E-state index contributed by atoms with van der Waals surface area (Å²) in [6.45, 7) is 8.52. The summed E-state index contributed by atoms with van der Waals surface area (Å²) in [5, 5.41) is 3.00. The Bertz CT molecular complexity index is 667. The van der Waals surface area contributed by atoms with Crippen molar-refractivity contribution in [2.24, 2.45) is 5.92 Å². The number of thioether (sulfide) groups is 1. The van der Waals surface area contributed by atoms with Gasteiger partial charge in [-0.05, 0) is 42.9 Å². The average molecular weight is 390 g/mol. The fourth-order valence-electron chi connectivity index (χ4n) is 3.92. The number of nitrogens with one attached hydrogen (secondary N) is 1. The standard InChI is InChI=1S/C21H31N3O2S/c1-4-17-5-7-18(8-6-17)22-20(26)23-11-9-21(10-12-23)24(13-14-27-21)19(25)15-16(2)3/h5-8,16H,4,9-15H2,1-3H3,(H,22,26). The first-order chi connectivity index (χ1) is 12.9. The van der Waals surface area contributed by atoms with Crippen LogP contribution in [0.5, 0.6) is 0 Å². The molecule has 2 saturated heterocycles. The number of rotatable bonds is 4. The molecule has 0 saturated carbocycles. The second-order valence-corrected chi connectivity index (χ2v) is 9.36. The second kappa shape index (κ2) is 8.55. The van der Waals surface area contributed by atoms with E-state index in [0.717, 1.165) is 37.2 Å². The first-order valence-corrected chi connectivity index (χ1v) is 11.0. The van der Waals surface area contributed by atoms with Crippen molar-refractivity contribution in [3.8, 4) is 0 Å². The minimum absolute atomic E-state index is 0.0443. The second-order valence-electron chi connectivity index (χ2n) is 7.91. The van der Waals surface area contributed by atoms with Gasteiger partial charge in [0.1, 0.15) is 0 Å². The van der Waals surface area contributed by atoms with Crippen LogP contribution in [0.25, 0.3) is 0 Å². The lowest BCUT2D eigenvalue weighted by molar-refractivity contribution is -0.135. The first-order valence-electron chi connectivity index (χ1n) is 10.0. The number of carbonyl (C=O) groups excluding carboxylic acids is 2. The van der Waals surface area contributed by atoms with Crippen molar-refractivity contribution in [2.45, 2.75) is 51.3 Å². The largest absolute Gasteiger partial charge is 0.327 e. The molecule has 2 aliphatic rings. The monoisotopic (exact) mass is 389 g/mol. The highest BCUT2D eigenvalue weighted by Crippen LogP contribution is 2.44. The predicted molar refractivity (Wildman–Crippen MR) is 112 cm³/mol. The molecular weight excluding hydrogens is 358 g/mol. The summed E-state index contributed by atoms with van der Waals surface area (Å²) in [7, 11) is 0. The Morgan fingerprint density at radius 1 is 1.15 bits per heavy atom. The number of urea groups is 1. The molecule has 3 rings (SSSR count). The summed E-state index contributed by atoms with van der Waals surface area (Å²) in [6.07, 6.45) is 3.31. The molecule has 1 N–H and O–H groups in total. The van der Waals surface area contributed by atoms with Crippen molar-refractivity contribution in [1.29, 1.82) is 0 Å². The van der Waals surface area contributed by atoms with Gasteiger partial charge in [-0.3, -0.25) is 4.79 Å². The molecule has 148 valence electrons. The number of amides is 3. The van der Waals surface area contributed by atoms with Gasteiger partial charge in [-0.1, -0.05) is 32.9 Å². The van der Waals surface area contributed by atoms with Gasteiger partial charge in [-0.15, -0.1) is 11.8 Å². The van der Waals surface area contributed by atoms with Crippen LogP contribution in [0.4, 0.5) is 10.5 Å². The number of nitrogens with zero attached hydrogens (tertiary/aromatic N) is 2. The molecule has 2 aliphatic heterocycles. The highest BCUT2D eigenvalue weighted by molar-refractivity contribution is 8.00. The molecule has 0 bridgehead atoms. The van der Waals surface area contributed by atoms with Gasteiger partial charge in [-0.2, -0.15) is 0 Å². The van der Waals surface area contributed by atoms with Gasteiger partial charge < -0.3 is 15.1 Å². The molecular formula is C21H31N3O2S. The van der Waals surface area contributed by atoms with Gasteiger partial charge in [0.05, 0.1) is 4.87 Å². The molecule has 1 aromatic rings. The molecule has 1 spiro atoms. The molecule has 2 fully saturated rings. The molecule has 3 amide bonds. The first kappa shape index (κ1) is 20.1. The Labute approximate surface area is 166 Å². The Balaban J connectivity index is 1.57. The van der Waals surface area contributed by atoms with Gasteiger partial charge in [0, 0.05) is 37.5 Å². The van der Waals surface area contributed by atoms with E-state index in [1.165, 1.54) is 5.56 Å². The Hall–Kier alpha value is -1.69. The number of hydrogen-bond acceptors (Lipinski definition) is 3. The van der Waals surface area contributed by atoms with Crippen LogP contribution in [-0.4, -0.2) is 52.0 Å². The highest BCUT2D eigenvalue weighted by atomic mass is 32.2. The summed E-state index contributed by atoms with van der Waals surface area (Å²) in [4.78, 5) is 29.1. The lowest BCUT2D eigenvalue weighted by Gasteiger charge is -2.44. The molecule has 0 aromatic heterocycles. The van der Waals surface area contributed by atoms with Crippen molar-refractivity contribution in [3.05, 3.63) is 29.8 Å². The van der Waals surface area contributed by atoms with E-state index in [9.17, 15) is 9.59 Å². The van der Waals surface area contributed by atoms with Crippen molar-refractivity contribution in [2.75, 3.05) is 30.7 Å². The molecule has 5 nitrogen and oxygen atoms in total. The number of benzene rings is 1. The molecule has 0 unspecified atom stereocenters. The number of anilines is 1. The van der Waals surface area contributed by atoms with Crippen LogP contribution in [0, 0.1) is 5.92 Å². The highest BCUT2D eigenvalue weighted by Gasteiger charge is 2.46. The van der Waals surface area contributed by atoms with Crippen molar-refractivity contribution >= 4 is 29.4 Å². The van der Waals surface area contributed by atoms with E-state index < -0.39 is 0 Å². The van der Waals surface area contributed by atoms with Crippen LogP contribution < -0.4 is 5.32 Å². The van der Waals surface area contributed by atoms with Crippen LogP contribution in [-0.2, 0) is 11.2 Å². The van der Waals surface area contributed by atoms with Crippen LogP contribution >= 0.6 is 11.8 Å². The molecule has 0 aliphatic carbocycles. The topological polar surface area (TPSA) is 52.7 Å². The predicted octanol–water partition coefficient (Wildman–Crippen LogP) is 4.19. The number of carbonyl (C=O) groups is 2. The molecule has 27 heavy (non-hydrogen) atoms. The van der Waals surface area contributed by atoms with E-state index in [1.54, 1.807) is 0 Å². The number of aryl methyl sites for hydroxylation is 1. The summed E-state index contributed by atoms with van der Waals surface area (Å²) >= 11 is 1.90. The van der Waals surface area contributed by atoms with Crippen LogP contribution in [0.1, 0.15) is 45.6 Å². The van der Waals surface area contributed by atoms with Gasteiger partial charge in [0.25, 0.3) is 0 Å². The Morgan fingerprint density at radius 3 is 2.41 bits per heavy atom. The smallest absolute Gasteiger partial charge is 0.321 e. The maximum atomic E-state index is 12.7. The Kier molecular flexibility index (Phi) is 6.35. The third kappa shape index (κ3) is 4.60. The number of likely N-dealkylation sites (tertiary alicyclic amines) is 1. The van der Waals surface area contributed by atoms with Crippen LogP contribution in [0.15, 0.2) is 24.3 Å². The molecule has 1 aromatic carbocycles. The van der Waals surface area contributed by atoms with E-state index in [-0.39, 0.29) is 16.8 Å². The maximum Gasteiger partial charge on any atom is 0.321 e. The number of hydrogen-bond donors (Lipinski definition) is 1. The van der Waals surface area contributed by atoms with E-state index in [2.05, 4.69) is 31.0 Å². The molecule has 0 atom stereocenters. The van der Waals surface area contributed by atoms with Crippen LogP contribution in [0.2, 0.25) is 0 Å². The van der Waals surface area contributed by atoms with E-state index >= 15 is 0 Å². The maximum absolute atomic E-state index is 12.7. The fourth-order valence-corrected chi connectivity index (χ4v) is 5.39. The minimum atomic E-state index is -0.106. The van der Waals surface area contributed by atoms with E-state index in [1.807, 2.05) is 40.9 Å². The normalized spacial score (nSPS) is 19.0. The van der Waals surface area contributed by atoms with Crippen LogP contribution in [0.3, 0.4) is 0 Å². The fraction of sp³-hybridized carbons (Fsp3) is 0.619. The zero-order chi connectivity index (χ0) is 19.4. The van der Waals surface area contributed by atoms with Gasteiger partial charge in [0.15, 0.2) is 0 Å². The third-order valence-electron chi connectivity index (χ3n) is 5.51. The Morgan fingerprint density at radius 2 is 1.81 bits per heavy atom. The molecule has 0 radical (unpaired) electrons. The lowest BCUT2D eigenvalue weighted by Crippen LogP contribution is -2.54.